The van der Waals surface area contributed by atoms with Gasteiger partial charge < -0.3 is 24.8 Å². The van der Waals surface area contributed by atoms with Crippen molar-refractivity contribution in [2.45, 2.75) is 13.8 Å². The normalized spacial score (nSPS) is 10.1. The largest absolute Gasteiger partial charge is 0.495 e. The van der Waals surface area contributed by atoms with Crippen LogP contribution in [0.15, 0.2) is 36.4 Å². The van der Waals surface area contributed by atoms with Crippen molar-refractivity contribution in [3.8, 4) is 17.2 Å². The number of ketones is 1. The highest BCUT2D eigenvalue weighted by Crippen LogP contribution is 2.28. The summed E-state index contributed by atoms with van der Waals surface area (Å²) in [6.45, 7) is 2.81. The number of Topliss-reactive ketones (excluding diaryl/α,β-unsaturated/α-hetero) is 1. The van der Waals surface area contributed by atoms with Gasteiger partial charge in [0.25, 0.3) is 5.91 Å². The van der Waals surface area contributed by atoms with Gasteiger partial charge in [-0.3, -0.25) is 14.4 Å². The second-order valence-electron chi connectivity index (χ2n) is 6.24. The van der Waals surface area contributed by atoms with E-state index in [0.29, 0.717) is 28.5 Å². The average Bonchev–Trinajstić information content (AvgIpc) is 2.70. The molecule has 0 heterocycles. The van der Waals surface area contributed by atoms with E-state index in [2.05, 4.69) is 10.6 Å². The maximum absolute atomic E-state index is 12.1. The number of aryl methyl sites for hydroxylation is 1. The zero-order valence-electron chi connectivity index (χ0n) is 16.8. The van der Waals surface area contributed by atoms with Gasteiger partial charge in [-0.1, -0.05) is 6.07 Å². The Labute approximate surface area is 169 Å². The van der Waals surface area contributed by atoms with Gasteiger partial charge in [0.05, 0.1) is 26.5 Å². The van der Waals surface area contributed by atoms with Crippen LogP contribution in [-0.2, 0) is 9.59 Å². The molecule has 0 aliphatic carbocycles. The SMILES string of the molecule is COc1ccc(C)cc1NC(=O)CNC(=O)COc1ccc(C(C)=O)cc1OC. The fourth-order valence-corrected chi connectivity index (χ4v) is 2.49. The molecule has 2 aromatic carbocycles. The van der Waals surface area contributed by atoms with Crippen molar-refractivity contribution in [3.05, 3.63) is 47.5 Å². The molecule has 2 aromatic rings. The first-order valence-electron chi connectivity index (χ1n) is 8.87. The summed E-state index contributed by atoms with van der Waals surface area (Å²) in [5.41, 5.74) is 1.96. The zero-order chi connectivity index (χ0) is 21.4. The summed E-state index contributed by atoms with van der Waals surface area (Å²) < 4.78 is 15.8. The highest BCUT2D eigenvalue weighted by Gasteiger charge is 2.12. The summed E-state index contributed by atoms with van der Waals surface area (Å²) >= 11 is 0. The molecule has 0 spiro atoms. The van der Waals surface area contributed by atoms with E-state index in [9.17, 15) is 14.4 Å². The first kappa shape index (κ1) is 21.7. The van der Waals surface area contributed by atoms with Crippen molar-refractivity contribution in [1.82, 2.24) is 5.32 Å². The minimum atomic E-state index is -0.478. The van der Waals surface area contributed by atoms with Crippen molar-refractivity contribution in [3.63, 3.8) is 0 Å². The van der Waals surface area contributed by atoms with Gasteiger partial charge in [0.2, 0.25) is 5.91 Å². The molecule has 29 heavy (non-hydrogen) atoms. The highest BCUT2D eigenvalue weighted by atomic mass is 16.5. The Morgan fingerprint density at radius 1 is 0.897 bits per heavy atom. The predicted molar refractivity (Wildman–Crippen MR) is 108 cm³/mol. The molecule has 154 valence electrons. The number of ether oxygens (including phenoxy) is 3. The lowest BCUT2D eigenvalue weighted by Crippen LogP contribution is -2.35. The fraction of sp³-hybridized carbons (Fsp3) is 0.286. The van der Waals surface area contributed by atoms with Gasteiger partial charge in [-0.25, -0.2) is 0 Å². The summed E-state index contributed by atoms with van der Waals surface area (Å²) in [6, 6.07) is 10.1. The molecule has 2 N–H and O–H groups in total. The van der Waals surface area contributed by atoms with Crippen molar-refractivity contribution >= 4 is 23.3 Å². The maximum Gasteiger partial charge on any atom is 0.258 e. The average molecular weight is 400 g/mol. The molecule has 0 radical (unpaired) electrons. The third-order valence-corrected chi connectivity index (χ3v) is 4.00. The van der Waals surface area contributed by atoms with Crippen LogP contribution in [0.2, 0.25) is 0 Å². The second-order valence-corrected chi connectivity index (χ2v) is 6.24. The first-order valence-corrected chi connectivity index (χ1v) is 8.87. The molecular weight excluding hydrogens is 376 g/mol. The second kappa shape index (κ2) is 10.1. The Kier molecular flexibility index (Phi) is 7.59. The van der Waals surface area contributed by atoms with Crippen LogP contribution >= 0.6 is 0 Å². The van der Waals surface area contributed by atoms with E-state index in [-0.39, 0.29) is 18.9 Å². The molecule has 0 saturated carbocycles. The number of carbonyl (C=O) groups excluding carboxylic acids is 3. The molecule has 0 unspecified atom stereocenters. The van der Waals surface area contributed by atoms with E-state index < -0.39 is 11.8 Å². The van der Waals surface area contributed by atoms with Gasteiger partial charge >= 0.3 is 0 Å². The number of benzene rings is 2. The Hall–Kier alpha value is -3.55. The van der Waals surface area contributed by atoms with Crippen LogP contribution < -0.4 is 24.8 Å². The van der Waals surface area contributed by atoms with Crippen molar-refractivity contribution < 1.29 is 28.6 Å². The minimum absolute atomic E-state index is 0.108. The number of hydrogen-bond donors (Lipinski definition) is 2. The molecule has 0 bridgehead atoms. The van der Waals surface area contributed by atoms with Crippen LogP contribution in [0.25, 0.3) is 0 Å². The molecule has 8 nitrogen and oxygen atoms in total. The first-order chi connectivity index (χ1) is 13.8. The molecule has 0 aliphatic rings. The molecule has 2 amide bonds. The number of nitrogens with one attached hydrogen (secondary N) is 2. The molecule has 0 atom stereocenters. The van der Waals surface area contributed by atoms with Crippen LogP contribution in [-0.4, -0.2) is 45.0 Å². The Bertz CT molecular complexity index is 910. The van der Waals surface area contributed by atoms with E-state index in [1.165, 1.54) is 27.2 Å². The van der Waals surface area contributed by atoms with E-state index in [1.54, 1.807) is 24.3 Å². The molecule has 8 heteroatoms. The summed E-state index contributed by atoms with van der Waals surface area (Å²) in [4.78, 5) is 35.5. The van der Waals surface area contributed by atoms with E-state index in [4.69, 9.17) is 14.2 Å². The number of rotatable bonds is 9. The Balaban J connectivity index is 1.86. The van der Waals surface area contributed by atoms with Crippen molar-refractivity contribution in [2.75, 3.05) is 32.7 Å². The van der Waals surface area contributed by atoms with Crippen LogP contribution in [0.4, 0.5) is 5.69 Å². The van der Waals surface area contributed by atoms with Gasteiger partial charge in [0.15, 0.2) is 23.9 Å². The van der Waals surface area contributed by atoms with E-state index in [0.717, 1.165) is 5.56 Å². The van der Waals surface area contributed by atoms with E-state index in [1.807, 2.05) is 13.0 Å². The third kappa shape index (κ3) is 6.24. The topological polar surface area (TPSA) is 103 Å². The number of anilines is 1. The molecule has 0 aromatic heterocycles. The van der Waals surface area contributed by atoms with Gasteiger partial charge in [0.1, 0.15) is 5.75 Å². The van der Waals surface area contributed by atoms with Gasteiger partial charge in [0, 0.05) is 5.56 Å². The molecule has 0 aliphatic heterocycles. The molecule has 2 rings (SSSR count). The number of carbonyl (C=O) groups is 3. The number of amides is 2. The number of methoxy groups -OCH3 is 2. The van der Waals surface area contributed by atoms with Crippen LogP contribution in [0.3, 0.4) is 0 Å². The monoisotopic (exact) mass is 400 g/mol. The Morgan fingerprint density at radius 3 is 2.24 bits per heavy atom. The highest BCUT2D eigenvalue weighted by molar-refractivity contribution is 5.96. The van der Waals surface area contributed by atoms with Gasteiger partial charge in [-0.2, -0.15) is 0 Å². The van der Waals surface area contributed by atoms with Gasteiger partial charge in [-0.05, 0) is 49.7 Å². The molecule has 0 fully saturated rings. The quantitative estimate of drug-likeness (QED) is 0.627. The lowest BCUT2D eigenvalue weighted by molar-refractivity contribution is -0.125. The van der Waals surface area contributed by atoms with Gasteiger partial charge in [-0.15, -0.1) is 0 Å². The van der Waals surface area contributed by atoms with E-state index >= 15 is 0 Å². The standard InChI is InChI=1S/C21H24N2O6/c1-13-5-7-17(27-3)16(9-13)23-20(25)11-22-21(26)12-29-18-8-6-15(14(2)24)10-19(18)28-4/h5-10H,11-12H2,1-4H3,(H,22,26)(H,23,25). The third-order valence-electron chi connectivity index (χ3n) is 4.00. The minimum Gasteiger partial charge on any atom is -0.495 e. The molecular formula is C21H24N2O6. The van der Waals surface area contributed by atoms with Crippen molar-refractivity contribution in [1.29, 1.82) is 0 Å². The fourth-order valence-electron chi connectivity index (χ4n) is 2.49. The maximum atomic E-state index is 12.1. The van der Waals surface area contributed by atoms with Crippen LogP contribution in [0, 0.1) is 6.92 Å². The summed E-state index contributed by atoms with van der Waals surface area (Å²) in [7, 11) is 2.95. The predicted octanol–water partition coefficient (Wildman–Crippen LogP) is 2.35. The lowest BCUT2D eigenvalue weighted by atomic mass is 10.1. The van der Waals surface area contributed by atoms with Crippen molar-refractivity contribution in [2.24, 2.45) is 0 Å². The molecule has 0 saturated heterocycles. The zero-order valence-corrected chi connectivity index (χ0v) is 16.8. The summed E-state index contributed by atoms with van der Waals surface area (Å²) in [5, 5.41) is 5.18. The summed E-state index contributed by atoms with van der Waals surface area (Å²) in [6.07, 6.45) is 0. The van der Waals surface area contributed by atoms with Crippen LogP contribution in [0.5, 0.6) is 17.2 Å². The van der Waals surface area contributed by atoms with Crippen LogP contribution in [0.1, 0.15) is 22.8 Å². The summed E-state index contributed by atoms with van der Waals surface area (Å²) in [5.74, 6) is 0.208. The lowest BCUT2D eigenvalue weighted by Gasteiger charge is -2.13. The number of hydrogen-bond acceptors (Lipinski definition) is 6. The smallest absolute Gasteiger partial charge is 0.258 e. The Morgan fingerprint density at radius 2 is 1.59 bits per heavy atom.